The summed E-state index contributed by atoms with van der Waals surface area (Å²) in [7, 11) is 0. The number of hydrogen-bond donors (Lipinski definition) is 0. The molecule has 0 amide bonds. The van der Waals surface area contributed by atoms with E-state index < -0.39 is 0 Å². The average Bonchev–Trinajstić information content (AvgIpc) is 3.79. The third-order valence-corrected chi connectivity index (χ3v) is 12.3. The molecule has 1 aliphatic rings. The summed E-state index contributed by atoms with van der Waals surface area (Å²) < 4.78 is 8.94. The van der Waals surface area contributed by atoms with Crippen molar-refractivity contribution < 1.29 is 25.8 Å². The minimum Gasteiger partial charge on any atom is -0.509 e. The first-order valence-electron chi connectivity index (χ1n) is 22.2. The quantitative estimate of drug-likeness (QED) is 0.155. The van der Waals surface area contributed by atoms with Crippen molar-refractivity contribution in [1.82, 2.24) is 9.55 Å². The van der Waals surface area contributed by atoms with Crippen LogP contribution in [0.4, 0.5) is 22.7 Å². The van der Waals surface area contributed by atoms with Gasteiger partial charge in [0.05, 0.1) is 0 Å². The Balaban J connectivity index is 0.00000560. The number of nitrogens with zero attached hydrogens (tertiary/aromatic N) is 4. The number of fused-ring (bicyclic) bond motifs is 4. The number of benzene rings is 6. The van der Waals surface area contributed by atoms with E-state index in [9.17, 15) is 0 Å². The molecule has 0 saturated carbocycles. The molecule has 6 heteroatoms. The molecule has 64 heavy (non-hydrogen) atoms. The molecule has 9 rings (SSSR count). The maximum atomic E-state index is 6.71. The second kappa shape index (κ2) is 16.4. The number of rotatable bonds is 6. The molecule has 3 heterocycles. The molecule has 1 aliphatic heterocycles. The van der Waals surface area contributed by atoms with Crippen molar-refractivity contribution in [3.05, 3.63) is 175 Å². The summed E-state index contributed by atoms with van der Waals surface area (Å²) in [6, 6.07) is 53.1. The molecule has 6 aromatic carbocycles. The van der Waals surface area contributed by atoms with Crippen LogP contribution >= 0.6 is 0 Å². The molecule has 0 aliphatic carbocycles. The zero-order valence-corrected chi connectivity index (χ0v) is 41.6. The summed E-state index contributed by atoms with van der Waals surface area (Å²) in [5.41, 5.74) is 13.6. The van der Waals surface area contributed by atoms with Crippen molar-refractivity contribution >= 4 is 44.6 Å². The van der Waals surface area contributed by atoms with Crippen LogP contribution in [0.5, 0.6) is 11.5 Å². The third-order valence-electron chi connectivity index (χ3n) is 12.3. The number of aromatic nitrogens is 2. The summed E-state index contributed by atoms with van der Waals surface area (Å²) in [6.07, 6.45) is 1.92. The fraction of sp³-hybridized carbons (Fsp3) is 0.276. The van der Waals surface area contributed by atoms with Crippen molar-refractivity contribution in [3.8, 4) is 28.4 Å². The van der Waals surface area contributed by atoms with E-state index in [1.54, 1.807) is 0 Å². The molecule has 0 atom stereocenters. The zero-order chi connectivity index (χ0) is 44.6. The van der Waals surface area contributed by atoms with Gasteiger partial charge in [-0.25, -0.2) is 4.98 Å². The molecule has 0 N–H and O–H groups in total. The largest absolute Gasteiger partial charge is 0.509 e. The Morgan fingerprint density at radius 1 is 0.531 bits per heavy atom. The van der Waals surface area contributed by atoms with Crippen LogP contribution in [0.1, 0.15) is 105 Å². The molecule has 0 radical (unpaired) electrons. The predicted octanol–water partition coefficient (Wildman–Crippen LogP) is 15.8. The molecule has 0 bridgehead atoms. The number of ether oxygens (including phenoxy) is 1. The molecule has 0 spiro atoms. The monoisotopic (exact) mass is 1020 g/mol. The van der Waals surface area contributed by atoms with E-state index >= 15 is 0 Å². The van der Waals surface area contributed by atoms with Gasteiger partial charge in [-0.15, -0.1) is 48.1 Å². The Bertz CT molecular complexity index is 2980. The van der Waals surface area contributed by atoms with Crippen LogP contribution in [-0.2, 0) is 42.7 Å². The summed E-state index contributed by atoms with van der Waals surface area (Å²) >= 11 is 0. The number of para-hydroxylation sites is 2. The Labute approximate surface area is 395 Å². The molecular weight excluding hydrogens is 964 g/mol. The van der Waals surface area contributed by atoms with Crippen LogP contribution in [0, 0.1) is 18.8 Å². The van der Waals surface area contributed by atoms with Crippen molar-refractivity contribution in [2.75, 3.05) is 9.80 Å². The van der Waals surface area contributed by atoms with Gasteiger partial charge in [0.25, 0.3) is 0 Å². The van der Waals surface area contributed by atoms with E-state index in [4.69, 9.17) is 9.72 Å². The van der Waals surface area contributed by atoms with Gasteiger partial charge in [0.15, 0.2) is 0 Å². The molecule has 8 aromatic rings. The molecule has 2 aromatic heterocycles. The van der Waals surface area contributed by atoms with E-state index in [0.717, 1.165) is 45.0 Å². The van der Waals surface area contributed by atoms with Crippen molar-refractivity contribution in [2.24, 2.45) is 0 Å². The summed E-state index contributed by atoms with van der Waals surface area (Å²) in [5, 5.41) is 2.27. The third kappa shape index (κ3) is 8.52. The fourth-order valence-electron chi connectivity index (χ4n) is 8.52. The van der Waals surface area contributed by atoms with Crippen LogP contribution in [0.15, 0.2) is 134 Å². The summed E-state index contributed by atoms with van der Waals surface area (Å²) in [5.74, 6) is 2.07. The van der Waals surface area contributed by atoms with Gasteiger partial charge in [-0.1, -0.05) is 149 Å². The molecule has 0 saturated heterocycles. The Kier molecular flexibility index (Phi) is 11.5. The second-order valence-corrected chi connectivity index (χ2v) is 21.2. The van der Waals surface area contributed by atoms with E-state index in [1.165, 1.54) is 38.8 Å². The number of pyridine rings is 1. The maximum absolute atomic E-state index is 6.71. The minimum atomic E-state index is -0.0329. The van der Waals surface area contributed by atoms with Gasteiger partial charge in [-0.05, 0) is 91.3 Å². The minimum absolute atomic E-state index is 0. The van der Waals surface area contributed by atoms with Crippen LogP contribution in [0.2, 0.25) is 0 Å². The van der Waals surface area contributed by atoms with Crippen LogP contribution in [0.3, 0.4) is 0 Å². The molecule has 330 valence electrons. The Morgan fingerprint density at radius 3 is 1.84 bits per heavy atom. The van der Waals surface area contributed by atoms with E-state index in [-0.39, 0.29) is 42.7 Å². The van der Waals surface area contributed by atoms with E-state index in [2.05, 4.69) is 225 Å². The Hall–Kier alpha value is -5.64. The standard InChI is InChI=1S/C58H59N4O.Pt/c1-55(2,3)39-24-27-50-49(33-39)48-26-25-46(36-52(48)62(50)53-34-40(28-29-59-53)56(4,5)6)63-45-21-16-20-44(35-45)60-37-61(43-18-14-13-15-19-43)54-47(22-17-23-51(54)60)38-30-41(57(7,8)9)32-42(31-38)58(10,11)12;/h13-34,37H,1-12H3;/q-3;. The molecule has 0 fully saturated rings. The molecule has 0 unspecified atom stereocenters. The van der Waals surface area contributed by atoms with Gasteiger partial charge in [-0.3, -0.25) is 0 Å². The summed E-state index contributed by atoms with van der Waals surface area (Å²) in [4.78, 5) is 9.45. The predicted molar refractivity (Wildman–Crippen MR) is 264 cm³/mol. The van der Waals surface area contributed by atoms with Crippen LogP contribution in [0.25, 0.3) is 38.8 Å². The van der Waals surface area contributed by atoms with Gasteiger partial charge in [0.1, 0.15) is 5.82 Å². The topological polar surface area (TPSA) is 33.5 Å². The maximum Gasteiger partial charge on any atom is 0.135 e. The van der Waals surface area contributed by atoms with Gasteiger partial charge in [-0.2, -0.15) is 12.1 Å². The number of hydrogen-bond acceptors (Lipinski definition) is 4. The average molecular weight is 1020 g/mol. The second-order valence-electron chi connectivity index (χ2n) is 21.2. The normalized spacial score (nSPS) is 13.4. The Morgan fingerprint density at radius 2 is 1.17 bits per heavy atom. The fourth-order valence-corrected chi connectivity index (χ4v) is 8.52. The molecule has 5 nitrogen and oxygen atoms in total. The summed E-state index contributed by atoms with van der Waals surface area (Å²) in [6.45, 7) is 29.5. The van der Waals surface area contributed by atoms with Gasteiger partial charge < -0.3 is 19.1 Å². The first-order valence-corrected chi connectivity index (χ1v) is 22.2. The SMILES string of the molecule is CC(C)(C)c1cc(-c2cccc3c2N(c2ccccc2)[CH-]N3c2[c-]c(Oc3[c-]c4c(cc3)c3cc(C(C)(C)C)ccc3n4-c3cc(C(C)(C)C)ccn3)ccc2)cc(C(C)(C)C)c1.[Pt]. The zero-order valence-electron chi connectivity index (χ0n) is 39.3. The smallest absolute Gasteiger partial charge is 0.135 e. The van der Waals surface area contributed by atoms with Gasteiger partial charge in [0, 0.05) is 66.9 Å². The van der Waals surface area contributed by atoms with Crippen molar-refractivity contribution in [2.45, 2.75) is 105 Å². The van der Waals surface area contributed by atoms with E-state index in [1.807, 2.05) is 24.4 Å². The van der Waals surface area contributed by atoms with Gasteiger partial charge >= 0.3 is 0 Å². The van der Waals surface area contributed by atoms with Crippen LogP contribution < -0.4 is 14.5 Å². The van der Waals surface area contributed by atoms with Crippen LogP contribution in [-0.4, -0.2) is 9.55 Å². The first kappa shape index (κ1) is 44.9. The van der Waals surface area contributed by atoms with Crippen molar-refractivity contribution in [1.29, 1.82) is 0 Å². The first-order chi connectivity index (χ1) is 29.7. The number of anilines is 4. The van der Waals surface area contributed by atoms with E-state index in [0.29, 0.717) is 11.5 Å². The molecular formula is C58H59N4OPt-3. The van der Waals surface area contributed by atoms with Crippen molar-refractivity contribution in [3.63, 3.8) is 0 Å². The van der Waals surface area contributed by atoms with Gasteiger partial charge in [0.2, 0.25) is 0 Å².